The number of rotatable bonds is 7. The zero-order chi connectivity index (χ0) is 17.7. The van der Waals surface area contributed by atoms with Crippen LogP contribution in [0.3, 0.4) is 0 Å². The van der Waals surface area contributed by atoms with E-state index in [1.165, 1.54) is 17.7 Å². The van der Waals surface area contributed by atoms with E-state index >= 15 is 0 Å². The van der Waals surface area contributed by atoms with E-state index in [2.05, 4.69) is 20.7 Å². The molecular formula is C16H23N5O2S. The lowest BCUT2D eigenvalue weighted by Gasteiger charge is -2.26. The Bertz CT molecular complexity index is 654. The van der Waals surface area contributed by atoms with Crippen LogP contribution in [0.1, 0.15) is 43.4 Å². The van der Waals surface area contributed by atoms with Gasteiger partial charge in [0.05, 0.1) is 10.9 Å². The molecule has 2 rings (SSSR count). The first-order valence-corrected chi connectivity index (χ1v) is 8.77. The second-order valence-corrected chi connectivity index (χ2v) is 7.03. The first-order valence-electron chi connectivity index (χ1n) is 7.89. The molecule has 2 heterocycles. The van der Waals surface area contributed by atoms with Crippen LogP contribution in [0.15, 0.2) is 30.2 Å². The SMILES string of the molecule is CC(C)[C@H](NC(=O)c1cccs1)C(=O)N[C@@H](C)[C@H](C)n1cncn1. The number of hydrogen-bond donors (Lipinski definition) is 2. The maximum Gasteiger partial charge on any atom is 0.262 e. The molecule has 3 atom stereocenters. The highest BCUT2D eigenvalue weighted by Gasteiger charge is 2.27. The fourth-order valence-electron chi connectivity index (χ4n) is 2.25. The quantitative estimate of drug-likeness (QED) is 0.798. The van der Waals surface area contributed by atoms with Crippen molar-refractivity contribution >= 4 is 23.2 Å². The van der Waals surface area contributed by atoms with Crippen molar-refractivity contribution in [1.29, 1.82) is 0 Å². The Morgan fingerprint density at radius 3 is 2.50 bits per heavy atom. The summed E-state index contributed by atoms with van der Waals surface area (Å²) < 4.78 is 1.69. The van der Waals surface area contributed by atoms with Gasteiger partial charge in [-0.15, -0.1) is 11.3 Å². The second-order valence-electron chi connectivity index (χ2n) is 6.09. The maximum absolute atomic E-state index is 12.6. The van der Waals surface area contributed by atoms with Crippen molar-refractivity contribution in [3.63, 3.8) is 0 Å². The van der Waals surface area contributed by atoms with E-state index in [4.69, 9.17) is 0 Å². The molecule has 0 radical (unpaired) electrons. The van der Waals surface area contributed by atoms with Gasteiger partial charge in [-0.25, -0.2) is 9.67 Å². The van der Waals surface area contributed by atoms with Crippen molar-refractivity contribution in [3.05, 3.63) is 35.0 Å². The number of hydrogen-bond acceptors (Lipinski definition) is 5. The summed E-state index contributed by atoms with van der Waals surface area (Å²) in [4.78, 5) is 29.3. The molecular weight excluding hydrogens is 326 g/mol. The van der Waals surface area contributed by atoms with Gasteiger partial charge >= 0.3 is 0 Å². The van der Waals surface area contributed by atoms with E-state index in [1.807, 2.05) is 39.1 Å². The molecule has 0 unspecified atom stereocenters. The molecule has 24 heavy (non-hydrogen) atoms. The van der Waals surface area contributed by atoms with Crippen LogP contribution in [0, 0.1) is 5.92 Å². The number of thiophene rings is 1. The fourth-order valence-corrected chi connectivity index (χ4v) is 2.87. The molecule has 2 N–H and O–H groups in total. The van der Waals surface area contributed by atoms with Gasteiger partial charge in [0.25, 0.3) is 5.91 Å². The third-order valence-corrected chi connectivity index (χ3v) is 4.80. The Labute approximate surface area is 145 Å². The lowest BCUT2D eigenvalue weighted by Crippen LogP contribution is -2.52. The molecule has 0 spiro atoms. The monoisotopic (exact) mass is 349 g/mol. The molecule has 130 valence electrons. The number of amides is 2. The van der Waals surface area contributed by atoms with Gasteiger partial charge in [0, 0.05) is 6.04 Å². The molecule has 2 aromatic rings. The van der Waals surface area contributed by atoms with Gasteiger partial charge in [0.2, 0.25) is 5.91 Å². The van der Waals surface area contributed by atoms with Gasteiger partial charge in [-0.1, -0.05) is 19.9 Å². The minimum atomic E-state index is -0.593. The van der Waals surface area contributed by atoms with Crippen LogP contribution in [0.5, 0.6) is 0 Å². The van der Waals surface area contributed by atoms with Gasteiger partial charge < -0.3 is 10.6 Å². The standard InChI is InChI=1S/C16H23N5O2S/c1-10(2)14(20-15(22)13-6-5-7-24-13)16(23)19-11(3)12(4)21-9-17-8-18-21/h5-12,14H,1-4H3,(H,19,23)(H,20,22)/t11-,12-,14-/m0/s1. The largest absolute Gasteiger partial charge is 0.350 e. The summed E-state index contributed by atoms with van der Waals surface area (Å²) in [6.07, 6.45) is 3.08. The summed E-state index contributed by atoms with van der Waals surface area (Å²) in [5.74, 6) is -0.451. The maximum atomic E-state index is 12.6. The van der Waals surface area contributed by atoms with E-state index in [0.717, 1.165) is 0 Å². The summed E-state index contributed by atoms with van der Waals surface area (Å²) in [5, 5.41) is 11.7. The number of aromatic nitrogens is 3. The Kier molecular flexibility index (Phi) is 6.08. The minimum absolute atomic E-state index is 0.0252. The van der Waals surface area contributed by atoms with Crippen LogP contribution in [-0.2, 0) is 4.79 Å². The van der Waals surface area contributed by atoms with Crippen LogP contribution in [-0.4, -0.2) is 38.7 Å². The first-order chi connectivity index (χ1) is 11.4. The Morgan fingerprint density at radius 2 is 1.96 bits per heavy atom. The summed E-state index contributed by atoms with van der Waals surface area (Å²) in [6.45, 7) is 7.67. The third kappa shape index (κ3) is 4.41. The Morgan fingerprint density at radius 1 is 1.21 bits per heavy atom. The molecule has 0 aliphatic rings. The summed E-state index contributed by atoms with van der Waals surface area (Å²) in [6, 6.07) is 2.76. The van der Waals surface area contributed by atoms with Crippen LogP contribution in [0.4, 0.5) is 0 Å². The van der Waals surface area contributed by atoms with Crippen molar-refractivity contribution in [1.82, 2.24) is 25.4 Å². The van der Waals surface area contributed by atoms with Crippen molar-refractivity contribution in [3.8, 4) is 0 Å². The number of carbonyl (C=O) groups is 2. The lowest BCUT2D eigenvalue weighted by molar-refractivity contribution is -0.124. The molecule has 0 bridgehead atoms. The summed E-state index contributed by atoms with van der Waals surface area (Å²) >= 11 is 1.35. The van der Waals surface area contributed by atoms with Gasteiger partial charge in [0.1, 0.15) is 18.7 Å². The normalized spacial score (nSPS) is 14.9. The van der Waals surface area contributed by atoms with E-state index in [1.54, 1.807) is 17.1 Å². The van der Waals surface area contributed by atoms with Crippen LogP contribution >= 0.6 is 11.3 Å². The Hall–Kier alpha value is -2.22. The molecule has 0 fully saturated rings. The molecule has 2 aromatic heterocycles. The highest BCUT2D eigenvalue weighted by molar-refractivity contribution is 7.12. The van der Waals surface area contributed by atoms with Crippen LogP contribution in [0.25, 0.3) is 0 Å². The lowest BCUT2D eigenvalue weighted by atomic mass is 10.0. The van der Waals surface area contributed by atoms with Crippen molar-refractivity contribution in [2.75, 3.05) is 0 Å². The predicted octanol–water partition coefficient (Wildman–Crippen LogP) is 1.86. The third-order valence-electron chi connectivity index (χ3n) is 3.93. The van der Waals surface area contributed by atoms with E-state index in [9.17, 15) is 9.59 Å². The molecule has 0 saturated heterocycles. The molecule has 2 amide bonds. The molecule has 0 aliphatic carbocycles. The second kappa shape index (κ2) is 8.05. The van der Waals surface area contributed by atoms with Crippen molar-refractivity contribution < 1.29 is 9.59 Å². The molecule has 0 aromatic carbocycles. The highest BCUT2D eigenvalue weighted by Crippen LogP contribution is 2.12. The van der Waals surface area contributed by atoms with Crippen molar-refractivity contribution in [2.45, 2.75) is 45.8 Å². The predicted molar refractivity (Wildman–Crippen MR) is 92.7 cm³/mol. The van der Waals surface area contributed by atoms with Gasteiger partial charge in [-0.2, -0.15) is 5.10 Å². The Balaban J connectivity index is 1.99. The summed E-state index contributed by atoms with van der Waals surface area (Å²) in [5.41, 5.74) is 0. The van der Waals surface area contributed by atoms with E-state index in [-0.39, 0.29) is 29.8 Å². The number of nitrogens with one attached hydrogen (secondary N) is 2. The zero-order valence-corrected chi connectivity index (χ0v) is 15.1. The van der Waals surface area contributed by atoms with Crippen LogP contribution < -0.4 is 10.6 Å². The summed E-state index contributed by atoms with van der Waals surface area (Å²) in [7, 11) is 0. The van der Waals surface area contributed by atoms with Crippen LogP contribution in [0.2, 0.25) is 0 Å². The average Bonchev–Trinajstić information content (AvgIpc) is 3.23. The molecule has 0 saturated carbocycles. The van der Waals surface area contributed by atoms with Crippen molar-refractivity contribution in [2.24, 2.45) is 5.92 Å². The van der Waals surface area contributed by atoms with Gasteiger partial charge in [0.15, 0.2) is 0 Å². The topological polar surface area (TPSA) is 88.9 Å². The number of carbonyl (C=O) groups excluding carboxylic acids is 2. The zero-order valence-electron chi connectivity index (χ0n) is 14.3. The smallest absolute Gasteiger partial charge is 0.262 e. The molecule has 0 aliphatic heterocycles. The average molecular weight is 349 g/mol. The molecule has 7 nitrogen and oxygen atoms in total. The van der Waals surface area contributed by atoms with Gasteiger partial charge in [-0.05, 0) is 31.2 Å². The first kappa shape index (κ1) is 18.1. The van der Waals surface area contributed by atoms with E-state index in [0.29, 0.717) is 4.88 Å². The molecule has 8 heteroatoms. The van der Waals surface area contributed by atoms with E-state index < -0.39 is 6.04 Å². The number of nitrogens with zero attached hydrogens (tertiary/aromatic N) is 3. The van der Waals surface area contributed by atoms with Gasteiger partial charge in [-0.3, -0.25) is 9.59 Å². The fraction of sp³-hybridized carbons (Fsp3) is 0.500. The highest BCUT2D eigenvalue weighted by atomic mass is 32.1. The minimum Gasteiger partial charge on any atom is -0.350 e.